The lowest BCUT2D eigenvalue weighted by Crippen LogP contribution is -2.49. The number of hydrogen-bond acceptors (Lipinski definition) is 4. The fraction of sp³-hybridized carbons (Fsp3) is 0.500. The molecule has 0 N–H and O–H groups in total. The van der Waals surface area contributed by atoms with E-state index in [0.717, 1.165) is 23.8 Å². The molecule has 0 spiro atoms. The summed E-state index contributed by atoms with van der Waals surface area (Å²) in [5.74, 6) is 1.71. The van der Waals surface area contributed by atoms with Gasteiger partial charge in [-0.3, -0.25) is 9.69 Å². The average molecular weight is 343 g/mol. The standard InChI is InChI=1S/C18H22FN5O/c1-13-20-21-17(24(13)16-5-6-16)11-22-7-8-23(18(25)12-22)10-14-3-2-4-15(19)9-14/h2-4,9,16H,5-8,10-12H2,1H3. The Kier molecular flexibility index (Phi) is 4.25. The van der Waals surface area contributed by atoms with Crippen molar-refractivity contribution in [3.8, 4) is 0 Å². The molecule has 2 aromatic rings. The number of carbonyl (C=O) groups is 1. The molecule has 1 aromatic heterocycles. The molecular formula is C18H22FN5O. The minimum Gasteiger partial charge on any atom is -0.336 e. The zero-order valence-electron chi connectivity index (χ0n) is 14.4. The number of aromatic nitrogens is 3. The molecule has 1 amide bonds. The summed E-state index contributed by atoms with van der Waals surface area (Å²) in [4.78, 5) is 16.4. The van der Waals surface area contributed by atoms with E-state index in [1.54, 1.807) is 11.0 Å². The molecule has 0 unspecified atom stereocenters. The number of aryl methyl sites for hydroxylation is 1. The molecule has 2 fully saturated rings. The molecule has 1 saturated heterocycles. The second-order valence-electron chi connectivity index (χ2n) is 6.92. The maximum absolute atomic E-state index is 13.3. The highest BCUT2D eigenvalue weighted by atomic mass is 19.1. The summed E-state index contributed by atoms with van der Waals surface area (Å²) in [7, 11) is 0. The number of carbonyl (C=O) groups excluding carboxylic acids is 1. The van der Waals surface area contributed by atoms with Crippen LogP contribution in [0.1, 0.15) is 36.1 Å². The molecule has 25 heavy (non-hydrogen) atoms. The molecule has 0 atom stereocenters. The summed E-state index contributed by atoms with van der Waals surface area (Å²) in [5, 5.41) is 8.49. The highest BCUT2D eigenvalue weighted by molar-refractivity contribution is 5.79. The van der Waals surface area contributed by atoms with Gasteiger partial charge in [-0.1, -0.05) is 12.1 Å². The third-order valence-electron chi connectivity index (χ3n) is 4.87. The first-order valence-electron chi connectivity index (χ1n) is 8.75. The third kappa shape index (κ3) is 3.56. The second-order valence-corrected chi connectivity index (χ2v) is 6.92. The lowest BCUT2D eigenvalue weighted by atomic mass is 10.2. The fourth-order valence-corrected chi connectivity index (χ4v) is 3.44. The van der Waals surface area contributed by atoms with Gasteiger partial charge >= 0.3 is 0 Å². The molecule has 7 heteroatoms. The Bertz CT molecular complexity index is 786. The molecule has 4 rings (SSSR count). The van der Waals surface area contributed by atoms with Crippen molar-refractivity contribution in [2.75, 3.05) is 19.6 Å². The van der Waals surface area contributed by atoms with E-state index < -0.39 is 0 Å². The first-order chi connectivity index (χ1) is 12.1. The molecular weight excluding hydrogens is 321 g/mol. The van der Waals surface area contributed by atoms with Crippen molar-refractivity contribution in [2.45, 2.75) is 38.9 Å². The predicted molar refractivity (Wildman–Crippen MR) is 90.1 cm³/mol. The molecule has 1 aliphatic carbocycles. The van der Waals surface area contributed by atoms with Gasteiger partial charge in [0.25, 0.3) is 0 Å². The van der Waals surface area contributed by atoms with Crippen molar-refractivity contribution >= 4 is 5.91 Å². The van der Waals surface area contributed by atoms with Crippen LogP contribution in [-0.2, 0) is 17.9 Å². The number of nitrogens with zero attached hydrogens (tertiary/aromatic N) is 5. The number of halogens is 1. The quantitative estimate of drug-likeness (QED) is 0.832. The van der Waals surface area contributed by atoms with Gasteiger partial charge in [0.05, 0.1) is 13.1 Å². The van der Waals surface area contributed by atoms with Crippen LogP contribution in [0.3, 0.4) is 0 Å². The van der Waals surface area contributed by atoms with Gasteiger partial charge in [-0.25, -0.2) is 4.39 Å². The van der Waals surface area contributed by atoms with Gasteiger partial charge in [-0.15, -0.1) is 10.2 Å². The van der Waals surface area contributed by atoms with Crippen molar-refractivity contribution < 1.29 is 9.18 Å². The van der Waals surface area contributed by atoms with E-state index in [1.807, 2.05) is 13.0 Å². The van der Waals surface area contributed by atoms with Gasteiger partial charge in [-0.2, -0.15) is 0 Å². The lowest BCUT2D eigenvalue weighted by molar-refractivity contribution is -0.136. The topological polar surface area (TPSA) is 54.3 Å². The van der Waals surface area contributed by atoms with Crippen LogP contribution in [0.25, 0.3) is 0 Å². The van der Waals surface area contributed by atoms with Crippen LogP contribution >= 0.6 is 0 Å². The summed E-state index contributed by atoms with van der Waals surface area (Å²) in [5.41, 5.74) is 0.825. The Morgan fingerprint density at radius 3 is 2.76 bits per heavy atom. The predicted octanol–water partition coefficient (Wildman–Crippen LogP) is 1.90. The minimum atomic E-state index is -0.265. The molecule has 2 aliphatic rings. The Morgan fingerprint density at radius 1 is 1.20 bits per heavy atom. The van der Waals surface area contributed by atoms with Gasteiger partial charge in [0.1, 0.15) is 17.5 Å². The smallest absolute Gasteiger partial charge is 0.237 e. The lowest BCUT2D eigenvalue weighted by Gasteiger charge is -2.34. The zero-order valence-corrected chi connectivity index (χ0v) is 14.4. The molecule has 1 saturated carbocycles. The molecule has 1 aliphatic heterocycles. The van der Waals surface area contributed by atoms with Crippen LogP contribution in [0.2, 0.25) is 0 Å². The van der Waals surface area contributed by atoms with E-state index in [9.17, 15) is 9.18 Å². The largest absolute Gasteiger partial charge is 0.336 e. The number of piperazine rings is 1. The monoisotopic (exact) mass is 343 g/mol. The summed E-state index contributed by atoms with van der Waals surface area (Å²) in [6.45, 7) is 4.89. The Morgan fingerprint density at radius 2 is 2.04 bits per heavy atom. The molecule has 0 bridgehead atoms. The molecule has 132 valence electrons. The first kappa shape index (κ1) is 16.2. The van der Waals surface area contributed by atoms with E-state index in [4.69, 9.17) is 0 Å². The summed E-state index contributed by atoms with van der Waals surface area (Å²) >= 11 is 0. The Balaban J connectivity index is 1.38. The van der Waals surface area contributed by atoms with E-state index in [-0.39, 0.29) is 11.7 Å². The van der Waals surface area contributed by atoms with Crippen LogP contribution in [0.4, 0.5) is 4.39 Å². The van der Waals surface area contributed by atoms with E-state index in [1.165, 1.54) is 25.0 Å². The average Bonchev–Trinajstić information content (AvgIpc) is 3.34. The molecule has 0 radical (unpaired) electrons. The van der Waals surface area contributed by atoms with Gasteiger partial charge < -0.3 is 9.47 Å². The Labute approximate surface area is 146 Å². The third-order valence-corrected chi connectivity index (χ3v) is 4.87. The zero-order chi connectivity index (χ0) is 17.4. The number of amides is 1. The van der Waals surface area contributed by atoms with E-state index in [2.05, 4.69) is 19.7 Å². The fourth-order valence-electron chi connectivity index (χ4n) is 3.44. The number of rotatable bonds is 5. The van der Waals surface area contributed by atoms with E-state index in [0.29, 0.717) is 32.2 Å². The first-order valence-corrected chi connectivity index (χ1v) is 8.75. The van der Waals surface area contributed by atoms with Gasteiger partial charge in [0, 0.05) is 25.7 Å². The highest BCUT2D eigenvalue weighted by Gasteiger charge is 2.30. The maximum atomic E-state index is 13.3. The highest BCUT2D eigenvalue weighted by Crippen LogP contribution is 2.36. The van der Waals surface area contributed by atoms with E-state index >= 15 is 0 Å². The van der Waals surface area contributed by atoms with Crippen molar-refractivity contribution in [3.05, 3.63) is 47.3 Å². The number of benzene rings is 1. The van der Waals surface area contributed by atoms with Crippen molar-refractivity contribution in [2.24, 2.45) is 0 Å². The molecule has 2 heterocycles. The molecule has 1 aromatic carbocycles. The van der Waals surface area contributed by atoms with Crippen molar-refractivity contribution in [3.63, 3.8) is 0 Å². The Hall–Kier alpha value is -2.28. The van der Waals surface area contributed by atoms with Gasteiger partial charge in [-0.05, 0) is 37.5 Å². The van der Waals surface area contributed by atoms with Crippen molar-refractivity contribution in [1.29, 1.82) is 0 Å². The van der Waals surface area contributed by atoms with Crippen LogP contribution in [0, 0.1) is 12.7 Å². The van der Waals surface area contributed by atoms with Crippen LogP contribution in [0.15, 0.2) is 24.3 Å². The van der Waals surface area contributed by atoms with Crippen LogP contribution in [-0.4, -0.2) is 50.1 Å². The normalized spacial score (nSPS) is 18.8. The van der Waals surface area contributed by atoms with Crippen LogP contribution < -0.4 is 0 Å². The minimum absolute atomic E-state index is 0.0738. The van der Waals surface area contributed by atoms with Crippen LogP contribution in [0.5, 0.6) is 0 Å². The number of hydrogen-bond donors (Lipinski definition) is 0. The second kappa shape index (κ2) is 6.55. The summed E-state index contributed by atoms with van der Waals surface area (Å²) in [6.07, 6.45) is 2.37. The molecule has 6 nitrogen and oxygen atoms in total. The van der Waals surface area contributed by atoms with Crippen molar-refractivity contribution in [1.82, 2.24) is 24.6 Å². The van der Waals surface area contributed by atoms with Gasteiger partial charge in [0.15, 0.2) is 0 Å². The maximum Gasteiger partial charge on any atom is 0.237 e. The summed E-state index contributed by atoms with van der Waals surface area (Å²) in [6, 6.07) is 6.97. The SMILES string of the molecule is Cc1nnc(CN2CCN(Cc3cccc(F)c3)C(=O)C2)n1C1CC1. The van der Waals surface area contributed by atoms with Gasteiger partial charge in [0.2, 0.25) is 5.91 Å². The summed E-state index contributed by atoms with van der Waals surface area (Å²) < 4.78 is 15.5.